The van der Waals surface area contributed by atoms with Gasteiger partial charge < -0.3 is 5.32 Å². The Morgan fingerprint density at radius 2 is 2.06 bits per heavy atom. The van der Waals surface area contributed by atoms with Gasteiger partial charge in [0.15, 0.2) is 0 Å². The highest BCUT2D eigenvalue weighted by Gasteiger charge is 2.37. The smallest absolute Gasteiger partial charge is 0.0246 e. The fourth-order valence-corrected chi connectivity index (χ4v) is 3.69. The summed E-state index contributed by atoms with van der Waals surface area (Å²) in [7, 11) is 0. The third-order valence-electron chi connectivity index (χ3n) is 5.15. The van der Waals surface area contributed by atoms with Gasteiger partial charge in [-0.25, -0.2) is 0 Å². The van der Waals surface area contributed by atoms with E-state index in [-0.39, 0.29) is 0 Å². The van der Waals surface area contributed by atoms with Crippen molar-refractivity contribution in [3.8, 4) is 0 Å². The van der Waals surface area contributed by atoms with E-state index >= 15 is 0 Å². The van der Waals surface area contributed by atoms with E-state index in [2.05, 4.69) is 37.9 Å². The second kappa shape index (κ2) is 5.27. The molecule has 0 aromatic rings. The highest BCUT2D eigenvalue weighted by molar-refractivity contribution is 4.94. The van der Waals surface area contributed by atoms with Gasteiger partial charge in [-0.1, -0.05) is 20.8 Å². The molecule has 0 saturated carbocycles. The van der Waals surface area contributed by atoms with Gasteiger partial charge in [-0.2, -0.15) is 0 Å². The second-order valence-electron chi connectivity index (χ2n) is 6.78. The summed E-state index contributed by atoms with van der Waals surface area (Å²) in [5.74, 6) is 0. The molecule has 2 heteroatoms. The summed E-state index contributed by atoms with van der Waals surface area (Å²) in [5, 5.41) is 3.76. The molecule has 17 heavy (non-hydrogen) atoms. The van der Waals surface area contributed by atoms with Crippen LogP contribution in [0.15, 0.2) is 0 Å². The Balaban J connectivity index is 1.98. The van der Waals surface area contributed by atoms with Gasteiger partial charge in [-0.3, -0.25) is 4.90 Å². The van der Waals surface area contributed by atoms with Gasteiger partial charge in [0.05, 0.1) is 0 Å². The van der Waals surface area contributed by atoms with Crippen LogP contribution in [0.5, 0.6) is 0 Å². The predicted octanol–water partition coefficient (Wildman–Crippen LogP) is 3.03. The number of nitrogens with zero attached hydrogens (tertiary/aromatic N) is 1. The summed E-state index contributed by atoms with van der Waals surface area (Å²) in [6, 6.07) is 2.31. The van der Waals surface area contributed by atoms with Crippen molar-refractivity contribution in [3.63, 3.8) is 0 Å². The van der Waals surface area contributed by atoms with Crippen molar-refractivity contribution < 1.29 is 0 Å². The molecule has 2 saturated heterocycles. The lowest BCUT2D eigenvalue weighted by atomic mass is 9.77. The van der Waals surface area contributed by atoms with Gasteiger partial charge >= 0.3 is 0 Å². The van der Waals surface area contributed by atoms with Crippen LogP contribution in [-0.4, -0.2) is 36.1 Å². The van der Waals surface area contributed by atoms with Crippen LogP contribution in [0.1, 0.15) is 59.8 Å². The zero-order valence-electron chi connectivity index (χ0n) is 12.1. The van der Waals surface area contributed by atoms with Gasteiger partial charge in [0.2, 0.25) is 0 Å². The first-order valence-electron chi connectivity index (χ1n) is 7.53. The van der Waals surface area contributed by atoms with Gasteiger partial charge in [-0.05, 0) is 51.0 Å². The zero-order valence-corrected chi connectivity index (χ0v) is 12.1. The Labute approximate surface area is 107 Å². The van der Waals surface area contributed by atoms with E-state index in [1.807, 2.05) is 0 Å². The van der Waals surface area contributed by atoms with Crippen molar-refractivity contribution in [3.05, 3.63) is 0 Å². The molecule has 0 spiro atoms. The maximum Gasteiger partial charge on any atom is 0.0246 e. The molecule has 0 aromatic carbocycles. The van der Waals surface area contributed by atoms with E-state index in [0.29, 0.717) is 11.5 Å². The van der Waals surface area contributed by atoms with Crippen molar-refractivity contribution in [2.24, 2.45) is 5.41 Å². The molecule has 0 amide bonds. The molecule has 0 radical (unpaired) electrons. The zero-order chi connectivity index (χ0) is 12.5. The summed E-state index contributed by atoms with van der Waals surface area (Å²) in [6.45, 7) is 12.1. The summed E-state index contributed by atoms with van der Waals surface area (Å²) < 4.78 is 0. The first kappa shape index (κ1) is 13.4. The number of hydrogen-bond acceptors (Lipinski definition) is 2. The second-order valence-corrected chi connectivity index (χ2v) is 6.78. The predicted molar refractivity (Wildman–Crippen MR) is 74.3 cm³/mol. The summed E-state index contributed by atoms with van der Waals surface area (Å²) in [6.07, 6.45) is 6.84. The van der Waals surface area contributed by atoms with E-state index in [0.717, 1.165) is 12.1 Å². The molecule has 0 bridgehead atoms. The van der Waals surface area contributed by atoms with Gasteiger partial charge in [-0.15, -0.1) is 0 Å². The Kier molecular flexibility index (Phi) is 4.14. The molecular formula is C15H30N2. The number of likely N-dealkylation sites (tertiary alicyclic amines) is 1. The minimum Gasteiger partial charge on any atom is -0.312 e. The Hall–Kier alpha value is -0.0800. The van der Waals surface area contributed by atoms with Crippen molar-refractivity contribution in [2.75, 3.05) is 13.1 Å². The normalized spacial score (nSPS) is 38.5. The number of nitrogens with one attached hydrogen (secondary N) is 1. The molecule has 0 aliphatic carbocycles. The van der Waals surface area contributed by atoms with Crippen molar-refractivity contribution >= 4 is 0 Å². The standard InChI is InChI=1S/C15H30N2/c1-5-13-8-7-12(2)17(13)11-14-15(3,4)9-6-10-16-14/h12-14,16H,5-11H2,1-4H3. The lowest BCUT2D eigenvalue weighted by molar-refractivity contribution is 0.101. The molecule has 2 heterocycles. The van der Waals surface area contributed by atoms with Crippen LogP contribution in [0, 0.1) is 5.41 Å². The third kappa shape index (κ3) is 2.85. The lowest BCUT2D eigenvalue weighted by Crippen LogP contribution is -2.54. The van der Waals surface area contributed by atoms with Crippen LogP contribution in [0.4, 0.5) is 0 Å². The monoisotopic (exact) mass is 238 g/mol. The highest BCUT2D eigenvalue weighted by atomic mass is 15.2. The van der Waals surface area contributed by atoms with E-state index < -0.39 is 0 Å². The minimum atomic E-state index is 0.471. The number of piperidine rings is 1. The quantitative estimate of drug-likeness (QED) is 0.813. The largest absolute Gasteiger partial charge is 0.312 e. The van der Waals surface area contributed by atoms with Crippen LogP contribution in [0.25, 0.3) is 0 Å². The van der Waals surface area contributed by atoms with Crippen LogP contribution < -0.4 is 5.32 Å². The molecule has 0 aromatic heterocycles. The Bertz CT molecular complexity index is 249. The van der Waals surface area contributed by atoms with Crippen LogP contribution in [0.2, 0.25) is 0 Å². The molecular weight excluding hydrogens is 208 g/mol. The molecule has 2 fully saturated rings. The molecule has 2 aliphatic heterocycles. The topological polar surface area (TPSA) is 15.3 Å². The third-order valence-corrected chi connectivity index (χ3v) is 5.15. The number of hydrogen-bond donors (Lipinski definition) is 1. The molecule has 2 nitrogen and oxygen atoms in total. The average molecular weight is 238 g/mol. The first-order chi connectivity index (χ1) is 8.04. The highest BCUT2D eigenvalue weighted by Crippen LogP contribution is 2.33. The summed E-state index contributed by atoms with van der Waals surface area (Å²) in [5.41, 5.74) is 0.471. The molecule has 2 aliphatic rings. The lowest BCUT2D eigenvalue weighted by Gasteiger charge is -2.43. The van der Waals surface area contributed by atoms with E-state index in [4.69, 9.17) is 0 Å². The first-order valence-corrected chi connectivity index (χ1v) is 7.53. The van der Waals surface area contributed by atoms with Gasteiger partial charge in [0.1, 0.15) is 0 Å². The van der Waals surface area contributed by atoms with Gasteiger partial charge in [0, 0.05) is 24.7 Å². The summed E-state index contributed by atoms with van der Waals surface area (Å²) >= 11 is 0. The summed E-state index contributed by atoms with van der Waals surface area (Å²) in [4.78, 5) is 2.77. The van der Waals surface area contributed by atoms with Crippen LogP contribution in [0.3, 0.4) is 0 Å². The van der Waals surface area contributed by atoms with Crippen molar-refractivity contribution in [2.45, 2.75) is 77.9 Å². The Morgan fingerprint density at radius 3 is 2.71 bits per heavy atom. The van der Waals surface area contributed by atoms with E-state index in [1.165, 1.54) is 45.2 Å². The van der Waals surface area contributed by atoms with Crippen molar-refractivity contribution in [1.82, 2.24) is 10.2 Å². The Morgan fingerprint density at radius 1 is 1.29 bits per heavy atom. The maximum absolute atomic E-state index is 3.76. The number of rotatable bonds is 3. The van der Waals surface area contributed by atoms with E-state index in [9.17, 15) is 0 Å². The van der Waals surface area contributed by atoms with Crippen molar-refractivity contribution in [1.29, 1.82) is 0 Å². The van der Waals surface area contributed by atoms with Crippen LogP contribution >= 0.6 is 0 Å². The molecule has 1 N–H and O–H groups in total. The molecule has 3 atom stereocenters. The SMILES string of the molecule is CCC1CCC(C)N1CC1NCCCC1(C)C. The fraction of sp³-hybridized carbons (Fsp3) is 1.00. The minimum absolute atomic E-state index is 0.471. The van der Waals surface area contributed by atoms with E-state index in [1.54, 1.807) is 0 Å². The molecule has 2 rings (SSSR count). The fourth-order valence-electron chi connectivity index (χ4n) is 3.69. The average Bonchev–Trinajstić information content (AvgIpc) is 2.63. The molecule has 3 unspecified atom stereocenters. The maximum atomic E-state index is 3.76. The van der Waals surface area contributed by atoms with Crippen LogP contribution in [-0.2, 0) is 0 Å². The van der Waals surface area contributed by atoms with Gasteiger partial charge in [0.25, 0.3) is 0 Å². The molecule has 100 valence electrons.